The summed E-state index contributed by atoms with van der Waals surface area (Å²) >= 11 is 5.33. The number of rotatable bonds is 3. The molecule has 0 aromatic carbocycles. The summed E-state index contributed by atoms with van der Waals surface area (Å²) in [6.07, 6.45) is 6.97. The Hall–Kier alpha value is -0.500. The number of alkyl halides is 1. The Morgan fingerprint density at radius 1 is 1.46 bits per heavy atom. The van der Waals surface area contributed by atoms with Crippen LogP contribution in [0.2, 0.25) is 0 Å². The van der Waals surface area contributed by atoms with E-state index in [1.807, 2.05) is 0 Å². The first-order valence-electron chi connectivity index (χ1n) is 4.69. The highest BCUT2D eigenvalue weighted by atomic mass is 35.5. The second-order valence-electron chi connectivity index (χ2n) is 3.86. The van der Waals surface area contributed by atoms with E-state index in [1.54, 1.807) is 0 Å². The summed E-state index contributed by atoms with van der Waals surface area (Å²) in [5, 5.41) is 0. The fourth-order valence-corrected chi connectivity index (χ4v) is 2.40. The highest BCUT2D eigenvalue weighted by molar-refractivity contribution is 6.26. The molecule has 0 amide bonds. The lowest BCUT2D eigenvalue weighted by atomic mass is 9.95. The fraction of sp³-hybridized carbons (Fsp3) is 0.700. The van der Waals surface area contributed by atoms with E-state index in [9.17, 15) is 4.79 Å². The molecule has 2 rings (SSSR count). The van der Waals surface area contributed by atoms with Crippen LogP contribution in [0.1, 0.15) is 12.8 Å². The van der Waals surface area contributed by atoms with Crippen LogP contribution in [-0.2, 0) is 9.53 Å². The van der Waals surface area contributed by atoms with Gasteiger partial charge in [0.1, 0.15) is 5.88 Å². The molecule has 3 unspecified atom stereocenters. The van der Waals surface area contributed by atoms with Crippen LogP contribution in [0.4, 0.5) is 0 Å². The Kier molecular flexibility index (Phi) is 2.58. The van der Waals surface area contributed by atoms with Gasteiger partial charge in [-0.15, -0.1) is 11.6 Å². The van der Waals surface area contributed by atoms with Crippen LogP contribution in [0.25, 0.3) is 0 Å². The van der Waals surface area contributed by atoms with Crippen LogP contribution in [0.3, 0.4) is 0 Å². The van der Waals surface area contributed by atoms with Gasteiger partial charge in [0.2, 0.25) is 0 Å². The predicted molar refractivity (Wildman–Crippen MR) is 50.5 cm³/mol. The summed E-state index contributed by atoms with van der Waals surface area (Å²) < 4.78 is 5.02. The minimum atomic E-state index is -0.298. The van der Waals surface area contributed by atoms with Gasteiger partial charge >= 0.3 is 5.97 Å². The van der Waals surface area contributed by atoms with Crippen molar-refractivity contribution in [2.45, 2.75) is 12.8 Å². The quantitative estimate of drug-likeness (QED) is 0.396. The van der Waals surface area contributed by atoms with Gasteiger partial charge in [-0.2, -0.15) is 0 Å². The molecule has 0 aromatic rings. The molecule has 2 aliphatic carbocycles. The fourth-order valence-electron chi connectivity index (χ4n) is 2.32. The summed E-state index contributed by atoms with van der Waals surface area (Å²) in [7, 11) is 0. The van der Waals surface area contributed by atoms with E-state index in [-0.39, 0.29) is 11.8 Å². The van der Waals surface area contributed by atoms with E-state index in [2.05, 4.69) is 12.2 Å². The van der Waals surface area contributed by atoms with Crippen molar-refractivity contribution in [2.24, 2.45) is 17.8 Å². The number of halogens is 1. The van der Waals surface area contributed by atoms with Crippen LogP contribution in [0.15, 0.2) is 12.2 Å². The molecule has 0 heterocycles. The smallest absolute Gasteiger partial charge is 0.320 e. The Morgan fingerprint density at radius 2 is 2.31 bits per heavy atom. The lowest BCUT2D eigenvalue weighted by molar-refractivity contribution is -0.142. The first kappa shape index (κ1) is 9.07. The van der Waals surface area contributed by atoms with Gasteiger partial charge in [-0.05, 0) is 30.6 Å². The number of hydrogen-bond donors (Lipinski definition) is 0. The number of carbonyl (C=O) groups excluding carboxylic acids is 1. The Balaban J connectivity index is 1.78. The molecule has 2 aliphatic rings. The van der Waals surface area contributed by atoms with Gasteiger partial charge in [0.15, 0.2) is 0 Å². The molecule has 13 heavy (non-hydrogen) atoms. The molecule has 3 heteroatoms. The van der Waals surface area contributed by atoms with Crippen LogP contribution < -0.4 is 0 Å². The largest absolute Gasteiger partial charge is 0.464 e. The van der Waals surface area contributed by atoms with Gasteiger partial charge in [-0.25, -0.2) is 0 Å². The standard InChI is InChI=1S/C10H13ClO2/c11-5-10(12)13-6-9-4-7-1-2-8(9)3-7/h1-2,7-9H,3-6H2. The zero-order chi connectivity index (χ0) is 9.26. The third-order valence-electron chi connectivity index (χ3n) is 2.98. The zero-order valence-corrected chi connectivity index (χ0v) is 8.17. The third-order valence-corrected chi connectivity index (χ3v) is 3.20. The second kappa shape index (κ2) is 3.70. The molecule has 2 bridgehead atoms. The Morgan fingerprint density at radius 3 is 2.85 bits per heavy atom. The molecule has 0 N–H and O–H groups in total. The zero-order valence-electron chi connectivity index (χ0n) is 7.41. The highest BCUT2D eigenvalue weighted by Crippen LogP contribution is 2.43. The summed E-state index contributed by atoms with van der Waals surface area (Å²) in [4.78, 5) is 10.8. The van der Waals surface area contributed by atoms with Gasteiger partial charge in [-0.1, -0.05) is 12.2 Å². The van der Waals surface area contributed by atoms with E-state index in [1.165, 1.54) is 12.8 Å². The lowest BCUT2D eigenvalue weighted by Gasteiger charge is -2.17. The van der Waals surface area contributed by atoms with E-state index in [4.69, 9.17) is 16.3 Å². The molecule has 0 aliphatic heterocycles. The molecule has 1 fully saturated rings. The Bertz CT molecular complexity index is 237. The molecule has 1 saturated carbocycles. The average Bonchev–Trinajstić information content (AvgIpc) is 2.74. The highest BCUT2D eigenvalue weighted by Gasteiger charge is 2.35. The number of allylic oxidation sites excluding steroid dienone is 2. The molecule has 3 atom stereocenters. The molecule has 0 aromatic heterocycles. The molecule has 0 spiro atoms. The monoisotopic (exact) mass is 200 g/mol. The SMILES string of the molecule is O=C(CCl)OCC1CC2C=CC1C2. The second-order valence-corrected chi connectivity index (χ2v) is 4.12. The van der Waals surface area contributed by atoms with Crippen molar-refractivity contribution < 1.29 is 9.53 Å². The van der Waals surface area contributed by atoms with Crippen molar-refractivity contribution in [1.29, 1.82) is 0 Å². The van der Waals surface area contributed by atoms with Crippen LogP contribution in [0, 0.1) is 17.8 Å². The van der Waals surface area contributed by atoms with E-state index in [0.717, 1.165) is 5.92 Å². The number of carbonyl (C=O) groups is 1. The summed E-state index contributed by atoms with van der Waals surface area (Å²) in [6.45, 7) is 0.553. The van der Waals surface area contributed by atoms with Crippen molar-refractivity contribution in [1.82, 2.24) is 0 Å². The number of esters is 1. The lowest BCUT2D eigenvalue weighted by Crippen LogP contribution is -2.18. The summed E-state index contributed by atoms with van der Waals surface area (Å²) in [5.74, 6) is 1.60. The van der Waals surface area contributed by atoms with Crippen molar-refractivity contribution in [3.63, 3.8) is 0 Å². The number of fused-ring (bicyclic) bond motifs is 2. The minimum Gasteiger partial charge on any atom is -0.464 e. The normalized spacial score (nSPS) is 35.3. The first-order valence-corrected chi connectivity index (χ1v) is 5.23. The summed E-state index contributed by atoms with van der Waals surface area (Å²) in [5.41, 5.74) is 0. The van der Waals surface area contributed by atoms with Crippen molar-refractivity contribution in [3.8, 4) is 0 Å². The summed E-state index contributed by atoms with van der Waals surface area (Å²) in [6, 6.07) is 0. The number of ether oxygens (including phenoxy) is 1. The topological polar surface area (TPSA) is 26.3 Å². The first-order chi connectivity index (χ1) is 6.29. The van der Waals surface area contributed by atoms with Gasteiger partial charge in [-0.3, -0.25) is 4.79 Å². The average molecular weight is 201 g/mol. The van der Waals surface area contributed by atoms with E-state index < -0.39 is 0 Å². The molecule has 2 nitrogen and oxygen atoms in total. The number of hydrogen-bond acceptors (Lipinski definition) is 2. The van der Waals surface area contributed by atoms with Crippen molar-refractivity contribution in [3.05, 3.63) is 12.2 Å². The molecule has 0 saturated heterocycles. The molecule has 72 valence electrons. The maximum atomic E-state index is 10.8. The van der Waals surface area contributed by atoms with E-state index in [0.29, 0.717) is 18.4 Å². The van der Waals surface area contributed by atoms with Crippen LogP contribution in [0.5, 0.6) is 0 Å². The molecule has 0 radical (unpaired) electrons. The molecular weight excluding hydrogens is 188 g/mol. The maximum Gasteiger partial charge on any atom is 0.320 e. The van der Waals surface area contributed by atoms with Crippen molar-refractivity contribution >= 4 is 17.6 Å². The van der Waals surface area contributed by atoms with Gasteiger partial charge < -0.3 is 4.74 Å². The van der Waals surface area contributed by atoms with E-state index >= 15 is 0 Å². The molecular formula is C10H13ClO2. The Labute approximate surface area is 82.9 Å². The van der Waals surface area contributed by atoms with Gasteiger partial charge in [0.25, 0.3) is 0 Å². The predicted octanol–water partition coefficient (Wildman–Crippen LogP) is 1.98. The van der Waals surface area contributed by atoms with Gasteiger partial charge in [0, 0.05) is 0 Å². The van der Waals surface area contributed by atoms with Crippen molar-refractivity contribution in [2.75, 3.05) is 12.5 Å². The van der Waals surface area contributed by atoms with Crippen LogP contribution in [-0.4, -0.2) is 18.5 Å². The minimum absolute atomic E-state index is 0.0311. The van der Waals surface area contributed by atoms with Crippen LogP contribution >= 0.6 is 11.6 Å². The maximum absolute atomic E-state index is 10.8. The third kappa shape index (κ3) is 1.88. The van der Waals surface area contributed by atoms with Gasteiger partial charge in [0.05, 0.1) is 6.61 Å².